The van der Waals surface area contributed by atoms with Crippen LogP contribution >= 0.6 is 11.3 Å². The van der Waals surface area contributed by atoms with Gasteiger partial charge in [0, 0.05) is 23.5 Å². The lowest BCUT2D eigenvalue weighted by atomic mass is 10.1. The van der Waals surface area contributed by atoms with E-state index in [2.05, 4.69) is 29.0 Å². The number of carbonyl (C=O) groups excluding carboxylic acids is 1. The Labute approximate surface area is 164 Å². The first-order valence-electron chi connectivity index (χ1n) is 9.13. The van der Waals surface area contributed by atoms with Crippen molar-refractivity contribution in [3.63, 3.8) is 0 Å². The lowest BCUT2D eigenvalue weighted by molar-refractivity contribution is -0.138. The fourth-order valence-corrected chi connectivity index (χ4v) is 3.44. The number of aromatic nitrogens is 1. The standard InChI is InChI=1S/C20H27N3O3S/c1-5-6-11-23(20-22-13(2)15(4)27-20)12-16-7-9-17(10-8-16)18(24)21-14(3)19(25)26/h7-10,14H,5-6,11-12H2,1-4H3,(H,21,24)(H,25,26). The molecular weight excluding hydrogens is 362 g/mol. The van der Waals surface area contributed by atoms with Gasteiger partial charge in [0.05, 0.1) is 5.69 Å². The number of hydrogen-bond acceptors (Lipinski definition) is 5. The van der Waals surface area contributed by atoms with Crippen LogP contribution < -0.4 is 10.2 Å². The molecule has 0 saturated carbocycles. The molecule has 0 aliphatic carbocycles. The minimum atomic E-state index is -1.06. The van der Waals surface area contributed by atoms with E-state index in [1.54, 1.807) is 23.5 Å². The van der Waals surface area contributed by atoms with E-state index in [9.17, 15) is 9.59 Å². The molecule has 7 heteroatoms. The zero-order valence-corrected chi connectivity index (χ0v) is 17.1. The molecule has 146 valence electrons. The third kappa shape index (κ3) is 5.79. The fourth-order valence-electron chi connectivity index (χ4n) is 2.51. The van der Waals surface area contributed by atoms with Gasteiger partial charge in [0.1, 0.15) is 6.04 Å². The molecule has 1 aromatic heterocycles. The van der Waals surface area contributed by atoms with Crippen molar-refractivity contribution >= 4 is 28.3 Å². The Morgan fingerprint density at radius 3 is 2.44 bits per heavy atom. The van der Waals surface area contributed by atoms with Crippen LogP contribution in [-0.2, 0) is 11.3 Å². The molecule has 1 aromatic carbocycles. The van der Waals surface area contributed by atoms with E-state index in [0.717, 1.165) is 42.3 Å². The van der Waals surface area contributed by atoms with Crippen LogP contribution in [0, 0.1) is 13.8 Å². The molecule has 1 heterocycles. The summed E-state index contributed by atoms with van der Waals surface area (Å²) in [5.41, 5.74) is 2.60. The van der Waals surface area contributed by atoms with Crippen molar-refractivity contribution < 1.29 is 14.7 Å². The predicted molar refractivity (Wildman–Crippen MR) is 109 cm³/mol. The van der Waals surface area contributed by atoms with Crippen LogP contribution in [0.25, 0.3) is 0 Å². The summed E-state index contributed by atoms with van der Waals surface area (Å²) >= 11 is 1.70. The summed E-state index contributed by atoms with van der Waals surface area (Å²) in [6.07, 6.45) is 2.20. The predicted octanol–water partition coefficient (Wildman–Crippen LogP) is 3.77. The summed E-state index contributed by atoms with van der Waals surface area (Å²) in [7, 11) is 0. The average molecular weight is 390 g/mol. The van der Waals surface area contributed by atoms with E-state index in [-0.39, 0.29) is 5.91 Å². The average Bonchev–Trinajstić information content (AvgIpc) is 2.97. The van der Waals surface area contributed by atoms with E-state index in [1.165, 1.54) is 11.8 Å². The molecule has 6 nitrogen and oxygen atoms in total. The number of aliphatic carboxylic acids is 1. The summed E-state index contributed by atoms with van der Waals surface area (Å²) in [5, 5.41) is 12.4. The topological polar surface area (TPSA) is 82.5 Å². The summed E-state index contributed by atoms with van der Waals surface area (Å²) in [6, 6.07) is 6.36. The second-order valence-electron chi connectivity index (χ2n) is 6.64. The van der Waals surface area contributed by atoms with E-state index in [0.29, 0.717) is 5.56 Å². The van der Waals surface area contributed by atoms with Gasteiger partial charge >= 0.3 is 5.97 Å². The fraction of sp³-hybridized carbons (Fsp3) is 0.450. The van der Waals surface area contributed by atoms with Crippen LogP contribution in [0.5, 0.6) is 0 Å². The number of carbonyl (C=O) groups is 2. The summed E-state index contributed by atoms with van der Waals surface area (Å²) in [4.78, 5) is 31.1. The van der Waals surface area contributed by atoms with Crippen molar-refractivity contribution in [2.75, 3.05) is 11.4 Å². The van der Waals surface area contributed by atoms with Crippen molar-refractivity contribution in [1.29, 1.82) is 0 Å². The van der Waals surface area contributed by atoms with Gasteiger partial charge in [0.25, 0.3) is 5.91 Å². The Hall–Kier alpha value is -2.41. The highest BCUT2D eigenvalue weighted by atomic mass is 32.1. The Balaban J connectivity index is 2.09. The van der Waals surface area contributed by atoms with E-state index >= 15 is 0 Å². The maximum Gasteiger partial charge on any atom is 0.325 e. The molecule has 1 amide bonds. The minimum absolute atomic E-state index is 0.384. The van der Waals surface area contributed by atoms with Crippen LogP contribution in [-0.4, -0.2) is 34.6 Å². The minimum Gasteiger partial charge on any atom is -0.480 e. The Morgan fingerprint density at radius 1 is 1.26 bits per heavy atom. The molecule has 27 heavy (non-hydrogen) atoms. The monoisotopic (exact) mass is 389 g/mol. The van der Waals surface area contributed by atoms with Gasteiger partial charge in [-0.3, -0.25) is 9.59 Å². The zero-order chi connectivity index (χ0) is 20.0. The Bertz CT molecular complexity index is 767. The molecule has 0 spiro atoms. The maximum atomic E-state index is 12.1. The normalized spacial score (nSPS) is 11.9. The van der Waals surface area contributed by atoms with Gasteiger partial charge in [0.2, 0.25) is 0 Å². The number of hydrogen-bond donors (Lipinski definition) is 2. The van der Waals surface area contributed by atoms with E-state index in [4.69, 9.17) is 5.11 Å². The van der Waals surface area contributed by atoms with Crippen molar-refractivity contribution in [1.82, 2.24) is 10.3 Å². The van der Waals surface area contributed by atoms with E-state index in [1.807, 2.05) is 19.1 Å². The molecule has 1 unspecified atom stereocenters. The summed E-state index contributed by atoms with van der Waals surface area (Å²) < 4.78 is 0. The molecule has 0 aliphatic heterocycles. The van der Waals surface area contributed by atoms with Gasteiger partial charge in [-0.25, -0.2) is 4.98 Å². The third-order valence-electron chi connectivity index (χ3n) is 4.38. The molecule has 2 aromatic rings. The number of aryl methyl sites for hydroxylation is 2. The van der Waals surface area contributed by atoms with Gasteiger partial charge in [-0.2, -0.15) is 0 Å². The molecule has 0 bridgehead atoms. The van der Waals surface area contributed by atoms with Crippen molar-refractivity contribution in [2.24, 2.45) is 0 Å². The molecule has 0 aliphatic rings. The number of unbranched alkanes of at least 4 members (excludes halogenated alkanes) is 1. The smallest absolute Gasteiger partial charge is 0.325 e. The maximum absolute atomic E-state index is 12.1. The quantitative estimate of drug-likeness (QED) is 0.682. The first-order chi connectivity index (χ1) is 12.8. The molecule has 1 atom stereocenters. The van der Waals surface area contributed by atoms with Crippen LogP contribution in [0.1, 0.15) is 53.2 Å². The number of carboxylic acid groups (broad SMARTS) is 1. The Kier molecular flexibility index (Phi) is 7.36. The van der Waals surface area contributed by atoms with Gasteiger partial charge in [-0.1, -0.05) is 25.5 Å². The first kappa shape index (κ1) is 20.9. The number of rotatable bonds is 9. The first-order valence-corrected chi connectivity index (χ1v) is 9.95. The SMILES string of the molecule is CCCCN(Cc1ccc(C(=O)NC(C)C(=O)O)cc1)c1nc(C)c(C)s1. The zero-order valence-electron chi connectivity index (χ0n) is 16.3. The molecule has 2 N–H and O–H groups in total. The number of carboxylic acids is 1. The van der Waals surface area contributed by atoms with Crippen LogP contribution in [0.3, 0.4) is 0 Å². The highest BCUT2D eigenvalue weighted by Gasteiger charge is 2.16. The second-order valence-corrected chi connectivity index (χ2v) is 7.83. The summed E-state index contributed by atoms with van der Waals surface area (Å²) in [6.45, 7) is 9.38. The van der Waals surface area contributed by atoms with Crippen molar-refractivity contribution in [2.45, 2.75) is 53.1 Å². The van der Waals surface area contributed by atoms with E-state index < -0.39 is 12.0 Å². The Morgan fingerprint density at radius 2 is 1.93 bits per heavy atom. The number of amides is 1. The van der Waals surface area contributed by atoms with Gasteiger partial charge in [0.15, 0.2) is 5.13 Å². The van der Waals surface area contributed by atoms with Crippen molar-refractivity contribution in [3.8, 4) is 0 Å². The van der Waals surface area contributed by atoms with Gasteiger partial charge < -0.3 is 15.3 Å². The van der Waals surface area contributed by atoms with Gasteiger partial charge in [-0.15, -0.1) is 11.3 Å². The number of nitrogens with one attached hydrogen (secondary N) is 1. The number of thiazole rings is 1. The van der Waals surface area contributed by atoms with Crippen LogP contribution in [0.2, 0.25) is 0 Å². The molecule has 0 fully saturated rings. The highest BCUT2D eigenvalue weighted by molar-refractivity contribution is 7.15. The molecular formula is C20H27N3O3S. The van der Waals surface area contributed by atoms with Crippen LogP contribution in [0.15, 0.2) is 24.3 Å². The lowest BCUT2D eigenvalue weighted by Crippen LogP contribution is -2.38. The number of nitrogens with zero attached hydrogens (tertiary/aromatic N) is 2. The van der Waals surface area contributed by atoms with Gasteiger partial charge in [-0.05, 0) is 44.9 Å². The van der Waals surface area contributed by atoms with Crippen LogP contribution in [0.4, 0.5) is 5.13 Å². The molecule has 0 saturated heterocycles. The highest BCUT2D eigenvalue weighted by Crippen LogP contribution is 2.27. The largest absolute Gasteiger partial charge is 0.480 e. The lowest BCUT2D eigenvalue weighted by Gasteiger charge is -2.22. The second kappa shape index (κ2) is 9.50. The van der Waals surface area contributed by atoms with Crippen molar-refractivity contribution in [3.05, 3.63) is 46.0 Å². The summed E-state index contributed by atoms with van der Waals surface area (Å²) in [5.74, 6) is -1.44. The molecule has 2 rings (SSSR count). The number of anilines is 1. The third-order valence-corrected chi connectivity index (χ3v) is 5.51. The molecule has 0 radical (unpaired) electrons. The number of benzene rings is 1.